The van der Waals surface area contributed by atoms with Crippen LogP contribution in [0.4, 0.5) is 5.69 Å². The number of rotatable bonds is 7. The first-order valence-electron chi connectivity index (χ1n) is 7.78. The van der Waals surface area contributed by atoms with Crippen molar-refractivity contribution in [3.63, 3.8) is 0 Å². The van der Waals surface area contributed by atoms with Crippen molar-refractivity contribution >= 4 is 31.5 Å². The molecule has 0 unspecified atom stereocenters. The van der Waals surface area contributed by atoms with Gasteiger partial charge in [0, 0.05) is 12.0 Å². The third kappa shape index (κ3) is 5.98. The maximum atomic E-state index is 12.7. The molecule has 0 fully saturated rings. The molecule has 0 saturated carbocycles. The van der Waals surface area contributed by atoms with Gasteiger partial charge in [0.25, 0.3) is 0 Å². The number of hydrazine groups is 1. The van der Waals surface area contributed by atoms with E-state index in [-0.39, 0.29) is 33.6 Å². The van der Waals surface area contributed by atoms with E-state index in [9.17, 15) is 21.6 Å². The van der Waals surface area contributed by atoms with E-state index >= 15 is 0 Å². The second kappa shape index (κ2) is 7.71. The van der Waals surface area contributed by atoms with Crippen molar-refractivity contribution in [2.75, 3.05) is 11.2 Å². The summed E-state index contributed by atoms with van der Waals surface area (Å²) in [5, 5.41) is 0. The van der Waals surface area contributed by atoms with Crippen LogP contribution in [-0.4, -0.2) is 34.0 Å². The molecule has 0 heterocycles. The molecule has 8 nitrogen and oxygen atoms in total. The van der Waals surface area contributed by atoms with E-state index < -0.39 is 25.4 Å². The number of sulfonamides is 1. The van der Waals surface area contributed by atoms with Crippen molar-refractivity contribution < 1.29 is 21.6 Å². The Morgan fingerprint density at radius 3 is 2.12 bits per heavy atom. The second-order valence-electron chi connectivity index (χ2n) is 6.45. The van der Waals surface area contributed by atoms with E-state index in [1.54, 1.807) is 27.7 Å². The number of amides is 1. The minimum absolute atomic E-state index is 0.232. The van der Waals surface area contributed by atoms with Crippen LogP contribution >= 0.6 is 0 Å². The molecule has 0 saturated heterocycles. The molecule has 1 aromatic rings. The highest BCUT2D eigenvalue weighted by Crippen LogP contribution is 2.26. The smallest absolute Gasteiger partial charge is 0.242 e. The molecule has 0 radical (unpaired) electrons. The molecule has 0 aliphatic carbocycles. The Morgan fingerprint density at radius 2 is 1.64 bits per heavy atom. The van der Waals surface area contributed by atoms with Crippen LogP contribution in [0.1, 0.15) is 41.0 Å². The van der Waals surface area contributed by atoms with E-state index in [1.807, 2.05) is 0 Å². The molecular formula is C15H25N3O5S2. The zero-order valence-electron chi connectivity index (χ0n) is 15.0. The third-order valence-electron chi connectivity index (χ3n) is 3.06. The van der Waals surface area contributed by atoms with Crippen molar-refractivity contribution in [3.05, 3.63) is 18.2 Å². The minimum atomic E-state index is -4.09. The van der Waals surface area contributed by atoms with Gasteiger partial charge < -0.3 is 0 Å². The zero-order valence-corrected chi connectivity index (χ0v) is 16.6. The lowest BCUT2D eigenvalue weighted by Gasteiger charge is -2.22. The van der Waals surface area contributed by atoms with Gasteiger partial charge in [0.1, 0.15) is 4.90 Å². The third-order valence-corrected chi connectivity index (χ3v) is 6.77. The van der Waals surface area contributed by atoms with Crippen LogP contribution in [0.2, 0.25) is 0 Å². The van der Waals surface area contributed by atoms with Crippen molar-refractivity contribution in [1.82, 2.24) is 10.1 Å². The number of anilines is 1. The predicted octanol–water partition coefficient (Wildman–Crippen LogP) is 1.41. The molecule has 1 aromatic carbocycles. The Morgan fingerprint density at radius 1 is 1.04 bits per heavy atom. The van der Waals surface area contributed by atoms with Gasteiger partial charge in [-0.05, 0) is 39.0 Å². The SMILES string of the molecule is CCC(=O)NNc1ccc(S(=O)(=O)CC)c(S(=O)(=O)NC(C)(C)C)c1. The molecule has 0 atom stereocenters. The number of carbonyl (C=O) groups is 1. The van der Waals surface area contributed by atoms with Crippen molar-refractivity contribution in [2.45, 2.75) is 56.4 Å². The van der Waals surface area contributed by atoms with E-state index in [0.717, 1.165) is 0 Å². The number of sulfone groups is 1. The lowest BCUT2D eigenvalue weighted by atomic mass is 10.1. The fraction of sp³-hybridized carbons (Fsp3) is 0.533. The van der Waals surface area contributed by atoms with Gasteiger partial charge in [-0.3, -0.25) is 15.6 Å². The number of nitrogens with one attached hydrogen (secondary N) is 3. The van der Waals surface area contributed by atoms with Crippen LogP contribution in [-0.2, 0) is 24.7 Å². The van der Waals surface area contributed by atoms with Crippen molar-refractivity contribution in [3.8, 4) is 0 Å². The molecule has 142 valence electrons. The number of carbonyl (C=O) groups excluding carboxylic acids is 1. The largest absolute Gasteiger partial charge is 0.299 e. The Hall–Kier alpha value is -1.65. The average molecular weight is 392 g/mol. The van der Waals surface area contributed by atoms with Gasteiger partial charge in [0.15, 0.2) is 9.84 Å². The Balaban J connectivity index is 3.45. The van der Waals surface area contributed by atoms with Crippen LogP contribution in [0, 0.1) is 0 Å². The highest BCUT2D eigenvalue weighted by molar-refractivity contribution is 7.93. The second-order valence-corrected chi connectivity index (χ2v) is 10.3. The first-order valence-corrected chi connectivity index (χ1v) is 10.9. The molecule has 10 heteroatoms. The molecule has 0 bridgehead atoms. The molecule has 3 N–H and O–H groups in total. The van der Waals surface area contributed by atoms with Crippen LogP contribution < -0.4 is 15.6 Å². The highest BCUT2D eigenvalue weighted by Gasteiger charge is 2.29. The summed E-state index contributed by atoms with van der Waals surface area (Å²) in [5.74, 6) is -0.521. The number of benzene rings is 1. The minimum Gasteiger partial charge on any atom is -0.299 e. The number of hydrogen-bond acceptors (Lipinski definition) is 6. The maximum absolute atomic E-state index is 12.7. The van der Waals surface area contributed by atoms with Crippen molar-refractivity contribution in [2.24, 2.45) is 0 Å². The summed E-state index contributed by atoms with van der Waals surface area (Å²) >= 11 is 0. The normalized spacial score (nSPS) is 12.7. The first kappa shape index (κ1) is 21.4. The molecule has 25 heavy (non-hydrogen) atoms. The fourth-order valence-electron chi connectivity index (χ4n) is 1.90. The lowest BCUT2D eigenvalue weighted by molar-refractivity contribution is -0.120. The van der Waals surface area contributed by atoms with Gasteiger partial charge in [-0.25, -0.2) is 21.6 Å². The molecule has 0 spiro atoms. The zero-order chi connectivity index (χ0) is 19.5. The molecular weight excluding hydrogens is 366 g/mol. The van der Waals surface area contributed by atoms with E-state index in [2.05, 4.69) is 15.6 Å². The quantitative estimate of drug-likeness (QED) is 0.604. The highest BCUT2D eigenvalue weighted by atomic mass is 32.2. The summed E-state index contributed by atoms with van der Waals surface area (Å²) in [6.45, 7) is 8.07. The summed E-state index contributed by atoms with van der Waals surface area (Å²) in [6.07, 6.45) is 0.242. The maximum Gasteiger partial charge on any atom is 0.242 e. The topological polar surface area (TPSA) is 121 Å². The van der Waals surface area contributed by atoms with Gasteiger partial charge in [-0.2, -0.15) is 0 Å². The summed E-state index contributed by atoms with van der Waals surface area (Å²) in [6, 6.07) is 3.80. The monoisotopic (exact) mass is 391 g/mol. The molecule has 1 rings (SSSR count). The van der Waals surface area contributed by atoms with Gasteiger partial charge in [0.05, 0.1) is 16.3 Å². The van der Waals surface area contributed by atoms with Gasteiger partial charge in [-0.1, -0.05) is 13.8 Å². The number of hydrogen-bond donors (Lipinski definition) is 3. The van der Waals surface area contributed by atoms with E-state index in [1.165, 1.54) is 25.1 Å². The first-order chi connectivity index (χ1) is 11.3. The lowest BCUT2D eigenvalue weighted by Crippen LogP contribution is -2.41. The standard InChI is InChI=1S/C15H25N3O5S2/c1-6-14(19)17-16-11-8-9-12(24(20,21)7-2)13(10-11)25(22,23)18-15(3,4)5/h8-10,16,18H,6-7H2,1-5H3,(H,17,19). The molecule has 0 aromatic heterocycles. The Kier molecular flexibility index (Phi) is 6.60. The summed E-state index contributed by atoms with van der Waals surface area (Å²) in [4.78, 5) is 10.7. The molecule has 1 amide bonds. The summed E-state index contributed by atoms with van der Waals surface area (Å²) in [7, 11) is -7.84. The Bertz CT molecular complexity index is 840. The van der Waals surface area contributed by atoms with E-state index in [4.69, 9.17) is 0 Å². The Labute approximate surface area is 149 Å². The average Bonchev–Trinajstić information content (AvgIpc) is 2.49. The van der Waals surface area contributed by atoms with Crippen LogP contribution in [0.15, 0.2) is 28.0 Å². The van der Waals surface area contributed by atoms with Crippen LogP contribution in [0.25, 0.3) is 0 Å². The molecule has 0 aliphatic rings. The fourth-order valence-corrected chi connectivity index (χ4v) is 5.09. The van der Waals surface area contributed by atoms with Gasteiger partial charge >= 0.3 is 0 Å². The van der Waals surface area contributed by atoms with Gasteiger partial charge in [0.2, 0.25) is 15.9 Å². The molecule has 0 aliphatic heterocycles. The van der Waals surface area contributed by atoms with Gasteiger partial charge in [-0.15, -0.1) is 0 Å². The van der Waals surface area contributed by atoms with E-state index in [0.29, 0.717) is 0 Å². The predicted molar refractivity (Wildman–Crippen MR) is 96.3 cm³/mol. The van der Waals surface area contributed by atoms with Crippen LogP contribution in [0.5, 0.6) is 0 Å². The van der Waals surface area contributed by atoms with Crippen molar-refractivity contribution in [1.29, 1.82) is 0 Å². The summed E-state index contributed by atoms with van der Waals surface area (Å²) < 4.78 is 52.4. The van der Waals surface area contributed by atoms with Crippen LogP contribution in [0.3, 0.4) is 0 Å². The summed E-state index contributed by atoms with van der Waals surface area (Å²) in [5.41, 5.74) is 4.44.